The molecule has 0 aliphatic rings. The second kappa shape index (κ2) is 6.05. The van der Waals surface area contributed by atoms with Crippen LogP contribution in [0.15, 0.2) is 18.2 Å². The highest BCUT2D eigenvalue weighted by molar-refractivity contribution is 7.13. The number of hydrogen-bond acceptors (Lipinski definition) is 4. The average Bonchev–Trinajstić information content (AvgIpc) is 2.83. The van der Waals surface area contributed by atoms with Crippen LogP contribution in [0.5, 0.6) is 5.75 Å². The highest BCUT2D eigenvalue weighted by atomic mass is 32.1. The molecule has 0 saturated carbocycles. The molecule has 0 atom stereocenters. The van der Waals surface area contributed by atoms with E-state index >= 15 is 0 Å². The van der Waals surface area contributed by atoms with E-state index in [-0.39, 0.29) is 0 Å². The van der Waals surface area contributed by atoms with Crippen molar-refractivity contribution in [1.29, 1.82) is 0 Å². The van der Waals surface area contributed by atoms with Gasteiger partial charge in [-0.15, -0.1) is 11.3 Å². The molecule has 2 rings (SSSR count). The summed E-state index contributed by atoms with van der Waals surface area (Å²) in [4.78, 5) is 15.7. The van der Waals surface area contributed by atoms with Gasteiger partial charge in [0.05, 0.1) is 5.69 Å². The number of benzene rings is 1. The van der Waals surface area contributed by atoms with Crippen molar-refractivity contribution >= 4 is 17.3 Å². The largest absolute Gasteiger partial charge is 0.486 e. The highest BCUT2D eigenvalue weighted by Crippen LogP contribution is 2.23. The smallest absolute Gasteiger partial charge is 0.347 e. The Morgan fingerprint density at radius 2 is 2.15 bits per heavy atom. The van der Waals surface area contributed by atoms with Crippen LogP contribution >= 0.6 is 11.3 Å². The van der Waals surface area contributed by atoms with Crippen molar-refractivity contribution < 1.29 is 14.6 Å². The number of hydrogen-bond donors (Lipinski definition) is 1. The fraction of sp³-hybridized carbons (Fsp3) is 0.333. The summed E-state index contributed by atoms with van der Waals surface area (Å²) in [6.07, 6.45) is 0.613. The molecular formula is C15H17NO3S. The first-order valence-corrected chi connectivity index (χ1v) is 7.24. The van der Waals surface area contributed by atoms with Gasteiger partial charge in [-0.25, -0.2) is 9.78 Å². The average molecular weight is 291 g/mol. The van der Waals surface area contributed by atoms with E-state index in [1.165, 1.54) is 11.3 Å². The Morgan fingerprint density at radius 3 is 2.75 bits per heavy atom. The van der Waals surface area contributed by atoms with Gasteiger partial charge in [-0.2, -0.15) is 0 Å². The third kappa shape index (κ3) is 3.17. The zero-order chi connectivity index (χ0) is 14.7. The summed E-state index contributed by atoms with van der Waals surface area (Å²) in [6, 6.07) is 6.01. The lowest BCUT2D eigenvalue weighted by molar-refractivity contribution is 0.0701. The van der Waals surface area contributed by atoms with Crippen LogP contribution in [0.2, 0.25) is 0 Å². The molecule has 0 saturated heterocycles. The molecule has 0 fully saturated rings. The van der Waals surface area contributed by atoms with Crippen LogP contribution in [0.1, 0.15) is 38.4 Å². The van der Waals surface area contributed by atoms with Gasteiger partial charge in [0.15, 0.2) is 0 Å². The van der Waals surface area contributed by atoms with E-state index in [9.17, 15) is 4.79 Å². The first-order chi connectivity index (χ1) is 9.51. The lowest BCUT2D eigenvalue weighted by Gasteiger charge is -2.08. The van der Waals surface area contributed by atoms with Crippen molar-refractivity contribution in [1.82, 2.24) is 4.98 Å². The lowest BCUT2D eigenvalue weighted by Crippen LogP contribution is -1.98. The molecule has 0 spiro atoms. The zero-order valence-electron chi connectivity index (χ0n) is 11.8. The molecule has 1 aromatic heterocycles. The van der Waals surface area contributed by atoms with Gasteiger partial charge in [-0.1, -0.05) is 19.1 Å². The standard InChI is InChI=1S/C15H17NO3S/c1-4-11-14(15(17)18)20-13(16-11)8-19-12-7-9(2)5-6-10(12)3/h5-7H,4,8H2,1-3H3,(H,17,18). The molecule has 1 aromatic carbocycles. The predicted molar refractivity (Wildman–Crippen MR) is 78.7 cm³/mol. The molecule has 0 amide bonds. The Labute approximate surface area is 122 Å². The summed E-state index contributed by atoms with van der Waals surface area (Å²) in [5, 5.41) is 9.80. The summed E-state index contributed by atoms with van der Waals surface area (Å²) < 4.78 is 5.75. The van der Waals surface area contributed by atoms with Gasteiger partial charge in [-0.05, 0) is 37.5 Å². The number of rotatable bonds is 5. The van der Waals surface area contributed by atoms with Gasteiger partial charge in [0, 0.05) is 0 Å². The summed E-state index contributed by atoms with van der Waals surface area (Å²) in [5.74, 6) is -0.104. The van der Waals surface area contributed by atoms with Crippen LogP contribution in [0, 0.1) is 13.8 Å². The Bertz CT molecular complexity index is 634. The molecule has 5 heteroatoms. The minimum absolute atomic E-state index is 0.301. The number of nitrogens with zero attached hydrogens (tertiary/aromatic N) is 1. The second-order valence-corrected chi connectivity index (χ2v) is 5.68. The van der Waals surface area contributed by atoms with Gasteiger partial charge in [0.25, 0.3) is 0 Å². The van der Waals surface area contributed by atoms with Crippen LogP contribution in [-0.4, -0.2) is 16.1 Å². The normalized spacial score (nSPS) is 10.6. The van der Waals surface area contributed by atoms with Crippen LogP contribution in [-0.2, 0) is 13.0 Å². The summed E-state index contributed by atoms with van der Waals surface area (Å²) >= 11 is 1.19. The number of carbonyl (C=O) groups is 1. The van der Waals surface area contributed by atoms with Gasteiger partial charge in [0.1, 0.15) is 22.2 Å². The number of carboxylic acid groups (broad SMARTS) is 1. The van der Waals surface area contributed by atoms with E-state index in [1.54, 1.807) is 0 Å². The Morgan fingerprint density at radius 1 is 1.40 bits per heavy atom. The van der Waals surface area contributed by atoms with E-state index in [0.29, 0.717) is 28.6 Å². The summed E-state index contributed by atoms with van der Waals surface area (Å²) in [6.45, 7) is 6.19. The second-order valence-electron chi connectivity index (χ2n) is 4.60. The zero-order valence-corrected chi connectivity index (χ0v) is 12.6. The fourth-order valence-electron chi connectivity index (χ4n) is 1.87. The molecule has 2 aromatic rings. The topological polar surface area (TPSA) is 59.4 Å². The minimum Gasteiger partial charge on any atom is -0.486 e. The quantitative estimate of drug-likeness (QED) is 0.914. The Balaban J connectivity index is 2.15. The minimum atomic E-state index is -0.919. The molecular weight excluding hydrogens is 274 g/mol. The van der Waals surface area contributed by atoms with E-state index < -0.39 is 5.97 Å². The predicted octanol–water partition coefficient (Wildman–Crippen LogP) is 3.60. The van der Waals surface area contributed by atoms with Crippen LogP contribution < -0.4 is 4.74 Å². The van der Waals surface area contributed by atoms with Crippen molar-refractivity contribution in [3.8, 4) is 5.75 Å². The molecule has 0 aliphatic carbocycles. The number of carboxylic acids is 1. The maximum absolute atomic E-state index is 11.1. The first kappa shape index (κ1) is 14.5. The molecule has 20 heavy (non-hydrogen) atoms. The third-order valence-electron chi connectivity index (χ3n) is 2.97. The van der Waals surface area contributed by atoms with Gasteiger partial charge in [0.2, 0.25) is 0 Å². The monoisotopic (exact) mass is 291 g/mol. The van der Waals surface area contributed by atoms with E-state index in [4.69, 9.17) is 9.84 Å². The number of aryl methyl sites for hydroxylation is 3. The van der Waals surface area contributed by atoms with Crippen molar-refractivity contribution in [3.63, 3.8) is 0 Å². The fourth-order valence-corrected chi connectivity index (χ4v) is 2.78. The van der Waals surface area contributed by atoms with Crippen molar-refractivity contribution in [2.24, 2.45) is 0 Å². The number of ether oxygens (including phenoxy) is 1. The number of thiazole rings is 1. The molecule has 0 bridgehead atoms. The summed E-state index contributed by atoms with van der Waals surface area (Å²) in [5.41, 5.74) is 2.81. The van der Waals surface area contributed by atoms with Crippen molar-refractivity contribution in [2.75, 3.05) is 0 Å². The van der Waals surface area contributed by atoms with Crippen LogP contribution in [0.4, 0.5) is 0 Å². The molecule has 0 unspecified atom stereocenters. The molecule has 0 radical (unpaired) electrons. The van der Waals surface area contributed by atoms with Crippen LogP contribution in [0.25, 0.3) is 0 Å². The first-order valence-electron chi connectivity index (χ1n) is 6.43. The van der Waals surface area contributed by atoms with Gasteiger partial charge >= 0.3 is 5.97 Å². The molecule has 4 nitrogen and oxygen atoms in total. The molecule has 1 N–H and O–H groups in total. The maximum Gasteiger partial charge on any atom is 0.347 e. The van der Waals surface area contributed by atoms with Crippen LogP contribution in [0.3, 0.4) is 0 Å². The SMILES string of the molecule is CCc1nc(COc2cc(C)ccc2C)sc1C(=O)O. The van der Waals surface area contributed by atoms with E-state index in [1.807, 2.05) is 39.0 Å². The molecule has 1 heterocycles. The number of aromatic nitrogens is 1. The van der Waals surface area contributed by atoms with E-state index in [0.717, 1.165) is 16.9 Å². The third-order valence-corrected chi connectivity index (χ3v) is 4.02. The number of aromatic carboxylic acids is 1. The van der Waals surface area contributed by atoms with Crippen molar-refractivity contribution in [3.05, 3.63) is 44.9 Å². The van der Waals surface area contributed by atoms with Crippen molar-refractivity contribution in [2.45, 2.75) is 33.8 Å². The Kier molecular flexibility index (Phi) is 4.39. The lowest BCUT2D eigenvalue weighted by atomic mass is 10.1. The van der Waals surface area contributed by atoms with Gasteiger partial charge < -0.3 is 9.84 Å². The highest BCUT2D eigenvalue weighted by Gasteiger charge is 2.16. The molecule has 0 aliphatic heterocycles. The Hall–Kier alpha value is -1.88. The summed E-state index contributed by atoms with van der Waals surface area (Å²) in [7, 11) is 0. The molecule has 106 valence electrons. The van der Waals surface area contributed by atoms with Gasteiger partial charge in [-0.3, -0.25) is 0 Å². The van der Waals surface area contributed by atoms with E-state index in [2.05, 4.69) is 4.98 Å². The maximum atomic E-state index is 11.1.